The molecule has 0 aliphatic carbocycles. The standard InChI is InChI=1S/C22H29N3O3/c1-17-15-18-5-2-3-6-19(18)25(17)11-7-20(27)24-12-9-22(16-24)8-4-10-23(13-14-26)21(22)28/h2-3,5-6,15,26H,4,7-14,16H2,1H3/t22-/m1/s1. The molecule has 6 nitrogen and oxygen atoms in total. The van der Waals surface area contributed by atoms with Gasteiger partial charge in [-0.3, -0.25) is 9.59 Å². The molecule has 2 aliphatic rings. The molecule has 2 amide bonds. The molecule has 28 heavy (non-hydrogen) atoms. The summed E-state index contributed by atoms with van der Waals surface area (Å²) < 4.78 is 2.20. The maximum Gasteiger partial charge on any atom is 0.230 e. The van der Waals surface area contributed by atoms with Gasteiger partial charge in [0.05, 0.1) is 12.0 Å². The van der Waals surface area contributed by atoms with Crippen molar-refractivity contribution in [2.24, 2.45) is 5.41 Å². The summed E-state index contributed by atoms with van der Waals surface area (Å²) in [7, 11) is 0. The van der Waals surface area contributed by atoms with Gasteiger partial charge in [-0.1, -0.05) is 18.2 Å². The number of rotatable bonds is 5. The molecule has 2 saturated heterocycles. The topological polar surface area (TPSA) is 65.8 Å². The molecule has 0 unspecified atom stereocenters. The van der Waals surface area contributed by atoms with Gasteiger partial charge in [-0.15, -0.1) is 0 Å². The van der Waals surface area contributed by atoms with E-state index in [2.05, 4.69) is 29.7 Å². The SMILES string of the molecule is Cc1cc2ccccc2n1CCC(=O)N1CC[C@]2(CCCN(CCO)C2=O)C1. The molecule has 0 radical (unpaired) electrons. The van der Waals surface area contributed by atoms with Crippen molar-refractivity contribution in [3.8, 4) is 0 Å². The molecule has 0 bridgehead atoms. The van der Waals surface area contributed by atoms with E-state index in [4.69, 9.17) is 0 Å². The molecule has 1 atom stereocenters. The van der Waals surface area contributed by atoms with Crippen molar-refractivity contribution in [2.75, 3.05) is 32.8 Å². The van der Waals surface area contributed by atoms with Crippen molar-refractivity contribution < 1.29 is 14.7 Å². The summed E-state index contributed by atoms with van der Waals surface area (Å²) in [5, 5.41) is 10.4. The second-order valence-corrected chi connectivity index (χ2v) is 8.21. The van der Waals surface area contributed by atoms with Crippen LogP contribution in [0.1, 0.15) is 31.4 Å². The van der Waals surface area contributed by atoms with Gasteiger partial charge < -0.3 is 19.5 Å². The predicted molar refractivity (Wildman–Crippen MR) is 108 cm³/mol. The Labute approximate surface area is 165 Å². The summed E-state index contributed by atoms with van der Waals surface area (Å²) in [5.74, 6) is 0.247. The quantitative estimate of drug-likeness (QED) is 0.861. The van der Waals surface area contributed by atoms with Gasteiger partial charge in [-0.25, -0.2) is 0 Å². The van der Waals surface area contributed by atoms with Gasteiger partial charge >= 0.3 is 0 Å². The third-order valence-electron chi connectivity index (χ3n) is 6.47. The van der Waals surface area contributed by atoms with Gasteiger partial charge in [0, 0.05) is 50.4 Å². The Hall–Kier alpha value is -2.34. The summed E-state index contributed by atoms with van der Waals surface area (Å²) in [5.41, 5.74) is 1.89. The number of aryl methyl sites for hydroxylation is 2. The van der Waals surface area contributed by atoms with Gasteiger partial charge in [0.25, 0.3) is 0 Å². The van der Waals surface area contributed by atoms with E-state index in [1.807, 2.05) is 17.0 Å². The van der Waals surface area contributed by atoms with E-state index in [1.165, 1.54) is 5.39 Å². The first kappa shape index (κ1) is 19.0. The molecule has 2 aromatic rings. The minimum atomic E-state index is -0.431. The largest absolute Gasteiger partial charge is 0.395 e. The number of hydrogen-bond donors (Lipinski definition) is 1. The summed E-state index contributed by atoms with van der Waals surface area (Å²) in [6, 6.07) is 10.4. The third kappa shape index (κ3) is 3.30. The number of β-amino-alcohol motifs (C(OH)–C–C–N with tert-alkyl or cyclic N) is 1. The zero-order chi connectivity index (χ0) is 19.7. The number of aromatic nitrogens is 1. The zero-order valence-electron chi connectivity index (χ0n) is 16.6. The van der Waals surface area contributed by atoms with Gasteiger partial charge in [-0.05, 0) is 43.7 Å². The van der Waals surface area contributed by atoms with Crippen LogP contribution in [0.3, 0.4) is 0 Å². The van der Waals surface area contributed by atoms with Crippen LogP contribution in [0.25, 0.3) is 10.9 Å². The smallest absolute Gasteiger partial charge is 0.230 e. The number of piperidine rings is 1. The Balaban J connectivity index is 1.41. The Morgan fingerprint density at radius 1 is 1.18 bits per heavy atom. The molecule has 0 saturated carbocycles. The van der Waals surface area contributed by atoms with Crippen molar-refractivity contribution in [1.82, 2.24) is 14.4 Å². The first-order chi connectivity index (χ1) is 13.5. The normalized spacial score (nSPS) is 22.6. The Bertz CT molecular complexity index is 888. The summed E-state index contributed by atoms with van der Waals surface area (Å²) in [4.78, 5) is 29.4. The highest BCUT2D eigenvalue weighted by Crippen LogP contribution is 2.40. The number of aliphatic hydroxyl groups excluding tert-OH is 1. The number of nitrogens with zero attached hydrogens (tertiary/aromatic N) is 3. The molecule has 2 aliphatic heterocycles. The van der Waals surface area contributed by atoms with E-state index in [0.717, 1.165) is 37.0 Å². The van der Waals surface area contributed by atoms with Crippen LogP contribution in [0.5, 0.6) is 0 Å². The highest BCUT2D eigenvalue weighted by molar-refractivity contribution is 5.86. The van der Waals surface area contributed by atoms with Crippen LogP contribution < -0.4 is 0 Å². The molecule has 1 aromatic heterocycles. The average molecular weight is 383 g/mol. The van der Waals surface area contributed by atoms with Gasteiger partial charge in [0.15, 0.2) is 0 Å². The number of amides is 2. The highest BCUT2D eigenvalue weighted by Gasteiger charge is 2.49. The predicted octanol–water partition coefficient (Wildman–Crippen LogP) is 2.17. The number of likely N-dealkylation sites (tertiary alicyclic amines) is 2. The van der Waals surface area contributed by atoms with Crippen molar-refractivity contribution in [2.45, 2.75) is 39.2 Å². The number of carbonyl (C=O) groups is 2. The molecule has 1 aromatic carbocycles. The lowest BCUT2D eigenvalue weighted by molar-refractivity contribution is -0.146. The van der Waals surface area contributed by atoms with Crippen molar-refractivity contribution in [3.63, 3.8) is 0 Å². The molecule has 150 valence electrons. The van der Waals surface area contributed by atoms with Crippen molar-refractivity contribution in [3.05, 3.63) is 36.0 Å². The van der Waals surface area contributed by atoms with Crippen LogP contribution in [-0.4, -0.2) is 64.1 Å². The second kappa shape index (κ2) is 7.59. The van der Waals surface area contributed by atoms with Crippen LogP contribution in [-0.2, 0) is 16.1 Å². The Morgan fingerprint density at radius 2 is 2.00 bits per heavy atom. The van der Waals surface area contributed by atoms with Gasteiger partial charge in [0.2, 0.25) is 11.8 Å². The number of fused-ring (bicyclic) bond motifs is 1. The fourth-order valence-electron chi connectivity index (χ4n) is 4.96. The van der Waals surface area contributed by atoms with Gasteiger partial charge in [-0.2, -0.15) is 0 Å². The monoisotopic (exact) mass is 383 g/mol. The molecular weight excluding hydrogens is 354 g/mol. The highest BCUT2D eigenvalue weighted by atomic mass is 16.3. The fourth-order valence-corrected chi connectivity index (χ4v) is 4.96. The molecule has 3 heterocycles. The average Bonchev–Trinajstić information content (AvgIpc) is 3.25. The minimum absolute atomic E-state index is 0.00531. The Morgan fingerprint density at radius 3 is 2.82 bits per heavy atom. The van der Waals surface area contributed by atoms with E-state index in [0.29, 0.717) is 32.6 Å². The molecule has 1 N–H and O–H groups in total. The molecule has 1 spiro atoms. The number of para-hydroxylation sites is 1. The van der Waals surface area contributed by atoms with Crippen molar-refractivity contribution in [1.29, 1.82) is 0 Å². The molecular formula is C22H29N3O3. The number of benzene rings is 1. The first-order valence-electron chi connectivity index (χ1n) is 10.3. The van der Waals surface area contributed by atoms with Crippen molar-refractivity contribution >= 4 is 22.7 Å². The fraction of sp³-hybridized carbons (Fsp3) is 0.545. The van der Waals surface area contributed by atoms with Crippen LogP contribution in [0.15, 0.2) is 30.3 Å². The van der Waals surface area contributed by atoms with Crippen LogP contribution in [0.4, 0.5) is 0 Å². The molecule has 2 fully saturated rings. The van der Waals surface area contributed by atoms with E-state index in [1.54, 1.807) is 4.90 Å². The summed E-state index contributed by atoms with van der Waals surface area (Å²) in [6.45, 7) is 5.03. The second-order valence-electron chi connectivity index (χ2n) is 8.21. The minimum Gasteiger partial charge on any atom is -0.395 e. The lowest BCUT2D eigenvalue weighted by Crippen LogP contribution is -2.51. The molecule has 4 rings (SSSR count). The van der Waals surface area contributed by atoms with Crippen LogP contribution >= 0.6 is 0 Å². The van der Waals surface area contributed by atoms with Crippen LogP contribution in [0.2, 0.25) is 0 Å². The van der Waals surface area contributed by atoms with Crippen LogP contribution in [0, 0.1) is 12.3 Å². The lowest BCUT2D eigenvalue weighted by Gasteiger charge is -2.39. The van der Waals surface area contributed by atoms with E-state index in [9.17, 15) is 14.7 Å². The zero-order valence-corrected chi connectivity index (χ0v) is 16.6. The van der Waals surface area contributed by atoms with E-state index in [-0.39, 0.29) is 18.4 Å². The third-order valence-corrected chi connectivity index (χ3v) is 6.47. The maximum absolute atomic E-state index is 12.9. The lowest BCUT2D eigenvalue weighted by atomic mass is 9.78. The van der Waals surface area contributed by atoms with E-state index < -0.39 is 5.41 Å². The number of aliphatic hydroxyl groups is 1. The number of hydrogen-bond acceptors (Lipinski definition) is 3. The Kier molecular flexibility index (Phi) is 5.15. The molecule has 6 heteroatoms. The van der Waals surface area contributed by atoms with Gasteiger partial charge in [0.1, 0.15) is 0 Å². The summed E-state index contributed by atoms with van der Waals surface area (Å²) >= 11 is 0. The first-order valence-corrected chi connectivity index (χ1v) is 10.3. The van der Waals surface area contributed by atoms with E-state index >= 15 is 0 Å². The maximum atomic E-state index is 12.9. The summed E-state index contributed by atoms with van der Waals surface area (Å²) in [6.07, 6.45) is 2.98. The number of carbonyl (C=O) groups excluding carboxylic acids is 2.